The van der Waals surface area contributed by atoms with Crippen LogP contribution < -0.4 is 10.5 Å². The molecule has 0 aliphatic carbocycles. The summed E-state index contributed by atoms with van der Waals surface area (Å²) >= 11 is 0. The second-order valence-corrected chi connectivity index (χ2v) is 4.39. The Bertz CT molecular complexity index is 468. The van der Waals surface area contributed by atoms with Crippen LogP contribution in [0.25, 0.3) is 0 Å². The molecular formula is C14H19N3O2. The van der Waals surface area contributed by atoms with Gasteiger partial charge in [0.05, 0.1) is 25.5 Å². The number of anilines is 1. The molecule has 5 heteroatoms. The van der Waals surface area contributed by atoms with Crippen molar-refractivity contribution in [3.63, 3.8) is 0 Å². The van der Waals surface area contributed by atoms with Crippen LogP contribution in [0.1, 0.15) is 19.8 Å². The molecule has 1 rings (SSSR count). The van der Waals surface area contributed by atoms with E-state index in [9.17, 15) is 4.79 Å². The molecule has 19 heavy (non-hydrogen) atoms. The SMILES string of the molecule is CC(CC#N)N(C)C(=O)CCOc1cccc(N)c1. The summed E-state index contributed by atoms with van der Waals surface area (Å²) < 4.78 is 5.45. The molecule has 0 aromatic heterocycles. The van der Waals surface area contributed by atoms with Crippen LogP contribution in [0.3, 0.4) is 0 Å². The van der Waals surface area contributed by atoms with Crippen LogP contribution in [0.5, 0.6) is 5.75 Å². The first-order valence-corrected chi connectivity index (χ1v) is 6.15. The number of benzene rings is 1. The molecule has 2 N–H and O–H groups in total. The number of carbonyl (C=O) groups excluding carboxylic acids is 1. The van der Waals surface area contributed by atoms with E-state index in [0.717, 1.165) is 0 Å². The van der Waals surface area contributed by atoms with E-state index in [1.165, 1.54) is 0 Å². The summed E-state index contributed by atoms with van der Waals surface area (Å²) in [6, 6.07) is 9.06. The molecule has 5 nitrogen and oxygen atoms in total. The van der Waals surface area contributed by atoms with E-state index in [1.54, 1.807) is 36.2 Å². The van der Waals surface area contributed by atoms with Crippen molar-refractivity contribution in [3.05, 3.63) is 24.3 Å². The van der Waals surface area contributed by atoms with Crippen LogP contribution in [-0.4, -0.2) is 30.5 Å². The summed E-state index contributed by atoms with van der Waals surface area (Å²) in [6.45, 7) is 2.14. The molecule has 0 bridgehead atoms. The van der Waals surface area contributed by atoms with Crippen LogP contribution in [0, 0.1) is 11.3 Å². The summed E-state index contributed by atoms with van der Waals surface area (Å²) in [5, 5.41) is 8.59. The van der Waals surface area contributed by atoms with Gasteiger partial charge < -0.3 is 15.4 Å². The molecule has 0 fully saturated rings. The summed E-state index contributed by atoms with van der Waals surface area (Å²) in [4.78, 5) is 13.4. The Labute approximate surface area is 113 Å². The van der Waals surface area contributed by atoms with Crippen LogP contribution in [0.2, 0.25) is 0 Å². The molecular weight excluding hydrogens is 242 g/mol. The number of nitrogens with two attached hydrogens (primary N) is 1. The van der Waals surface area contributed by atoms with Crippen LogP contribution in [0.15, 0.2) is 24.3 Å². The molecule has 102 valence electrons. The molecule has 0 aliphatic heterocycles. The number of ether oxygens (including phenoxy) is 1. The predicted octanol–water partition coefficient (Wildman–Crippen LogP) is 1.80. The van der Waals surface area contributed by atoms with E-state index in [-0.39, 0.29) is 18.4 Å². The van der Waals surface area contributed by atoms with Gasteiger partial charge in [0.15, 0.2) is 0 Å². The Hall–Kier alpha value is -2.22. The fraction of sp³-hybridized carbons (Fsp3) is 0.429. The van der Waals surface area contributed by atoms with Gasteiger partial charge in [-0.05, 0) is 19.1 Å². The van der Waals surface area contributed by atoms with E-state index in [1.807, 2.05) is 6.92 Å². The van der Waals surface area contributed by atoms with Crippen LogP contribution in [-0.2, 0) is 4.79 Å². The zero-order valence-electron chi connectivity index (χ0n) is 11.3. The number of nitriles is 1. The first-order chi connectivity index (χ1) is 9.04. The second-order valence-electron chi connectivity index (χ2n) is 4.39. The lowest BCUT2D eigenvalue weighted by atomic mass is 10.2. The van der Waals surface area contributed by atoms with E-state index < -0.39 is 0 Å². The summed E-state index contributed by atoms with van der Waals surface area (Å²) in [6.07, 6.45) is 0.610. The van der Waals surface area contributed by atoms with E-state index in [4.69, 9.17) is 15.7 Å². The maximum Gasteiger partial charge on any atom is 0.226 e. The van der Waals surface area contributed by atoms with Gasteiger partial charge in [-0.1, -0.05) is 6.07 Å². The molecule has 0 heterocycles. The molecule has 0 saturated heterocycles. The van der Waals surface area contributed by atoms with Crippen molar-refractivity contribution in [3.8, 4) is 11.8 Å². The number of nitrogen functional groups attached to an aromatic ring is 1. The second kappa shape index (κ2) is 7.27. The van der Waals surface area contributed by atoms with Crippen LogP contribution in [0.4, 0.5) is 5.69 Å². The zero-order valence-corrected chi connectivity index (χ0v) is 11.3. The topological polar surface area (TPSA) is 79.3 Å². The fourth-order valence-corrected chi connectivity index (χ4v) is 1.55. The average Bonchev–Trinajstić information content (AvgIpc) is 2.38. The minimum absolute atomic E-state index is 0.0355. The highest BCUT2D eigenvalue weighted by Crippen LogP contribution is 2.14. The van der Waals surface area contributed by atoms with Gasteiger partial charge in [0, 0.05) is 24.8 Å². The summed E-state index contributed by atoms with van der Waals surface area (Å²) in [5.41, 5.74) is 6.25. The van der Waals surface area contributed by atoms with Gasteiger partial charge in [0.1, 0.15) is 5.75 Å². The first-order valence-electron chi connectivity index (χ1n) is 6.15. The minimum atomic E-state index is -0.0788. The number of hydrogen-bond acceptors (Lipinski definition) is 4. The van der Waals surface area contributed by atoms with Crippen molar-refractivity contribution in [2.75, 3.05) is 19.4 Å². The van der Waals surface area contributed by atoms with Gasteiger partial charge in [-0.3, -0.25) is 4.79 Å². The Morgan fingerprint density at radius 2 is 2.32 bits per heavy atom. The molecule has 1 amide bonds. The number of amides is 1. The van der Waals surface area contributed by atoms with Crippen molar-refractivity contribution in [1.29, 1.82) is 5.26 Å². The molecule has 1 atom stereocenters. The smallest absolute Gasteiger partial charge is 0.226 e. The molecule has 1 unspecified atom stereocenters. The normalized spacial score (nSPS) is 11.4. The Morgan fingerprint density at radius 3 is 2.95 bits per heavy atom. The lowest BCUT2D eigenvalue weighted by Gasteiger charge is -2.22. The van der Waals surface area contributed by atoms with Gasteiger partial charge in [-0.2, -0.15) is 5.26 Å². The van der Waals surface area contributed by atoms with E-state index in [0.29, 0.717) is 24.5 Å². The maximum absolute atomic E-state index is 11.8. The van der Waals surface area contributed by atoms with Crippen LogP contribution >= 0.6 is 0 Å². The highest BCUT2D eigenvalue weighted by Gasteiger charge is 2.15. The molecule has 0 spiro atoms. The van der Waals surface area contributed by atoms with Gasteiger partial charge in [0.25, 0.3) is 0 Å². The molecule has 0 radical (unpaired) electrons. The standard InChI is InChI=1S/C14H19N3O2/c1-11(6-8-15)17(2)14(18)7-9-19-13-5-3-4-12(16)10-13/h3-5,10-11H,6-7,9,16H2,1-2H3. The van der Waals surface area contributed by atoms with Crippen molar-refractivity contribution in [1.82, 2.24) is 4.90 Å². The van der Waals surface area contributed by atoms with E-state index in [2.05, 4.69) is 6.07 Å². The van der Waals surface area contributed by atoms with Crippen molar-refractivity contribution in [2.45, 2.75) is 25.8 Å². The van der Waals surface area contributed by atoms with Gasteiger partial charge >= 0.3 is 0 Å². The highest BCUT2D eigenvalue weighted by atomic mass is 16.5. The van der Waals surface area contributed by atoms with Gasteiger partial charge in [0.2, 0.25) is 5.91 Å². The average molecular weight is 261 g/mol. The molecule has 0 aliphatic rings. The minimum Gasteiger partial charge on any atom is -0.493 e. The predicted molar refractivity (Wildman–Crippen MR) is 73.4 cm³/mol. The third kappa shape index (κ3) is 4.88. The Kier molecular flexibility index (Phi) is 5.68. The summed E-state index contributed by atoms with van der Waals surface area (Å²) in [7, 11) is 1.70. The quantitative estimate of drug-likeness (QED) is 0.792. The van der Waals surface area contributed by atoms with Crippen molar-refractivity contribution < 1.29 is 9.53 Å². The monoisotopic (exact) mass is 261 g/mol. The van der Waals surface area contributed by atoms with Crippen molar-refractivity contribution >= 4 is 11.6 Å². The van der Waals surface area contributed by atoms with Crippen molar-refractivity contribution in [2.24, 2.45) is 0 Å². The first kappa shape index (κ1) is 14.8. The maximum atomic E-state index is 11.8. The lowest BCUT2D eigenvalue weighted by Crippen LogP contribution is -2.35. The van der Waals surface area contributed by atoms with Gasteiger partial charge in [-0.25, -0.2) is 0 Å². The molecule has 0 saturated carbocycles. The summed E-state index contributed by atoms with van der Waals surface area (Å²) in [5.74, 6) is 0.618. The Morgan fingerprint density at radius 1 is 1.58 bits per heavy atom. The number of hydrogen-bond donors (Lipinski definition) is 1. The largest absolute Gasteiger partial charge is 0.493 e. The Balaban J connectivity index is 2.37. The third-order valence-electron chi connectivity index (χ3n) is 2.88. The number of nitrogens with zero attached hydrogens (tertiary/aromatic N) is 2. The van der Waals surface area contributed by atoms with Gasteiger partial charge in [-0.15, -0.1) is 0 Å². The highest BCUT2D eigenvalue weighted by molar-refractivity contribution is 5.76. The number of rotatable bonds is 6. The lowest BCUT2D eigenvalue weighted by molar-refractivity contribution is -0.132. The molecule has 1 aromatic rings. The zero-order chi connectivity index (χ0) is 14.3. The third-order valence-corrected chi connectivity index (χ3v) is 2.88. The van der Waals surface area contributed by atoms with E-state index >= 15 is 0 Å². The molecule has 1 aromatic carbocycles. The number of carbonyl (C=O) groups is 1. The fourth-order valence-electron chi connectivity index (χ4n) is 1.55.